The second kappa shape index (κ2) is 6.39. The molecule has 0 aliphatic rings. The van der Waals surface area contributed by atoms with Crippen LogP contribution in [0, 0.1) is 10.1 Å². The SMILES string of the molecule is CN(CC(Cl)c1ccc([N+](=O)[O-])cc1)c1ccccc1. The Morgan fingerprint density at radius 3 is 2.30 bits per heavy atom. The summed E-state index contributed by atoms with van der Waals surface area (Å²) in [6.45, 7) is 0.628. The topological polar surface area (TPSA) is 46.4 Å². The van der Waals surface area contributed by atoms with Gasteiger partial charge in [-0.2, -0.15) is 0 Å². The number of non-ortho nitro benzene ring substituents is 1. The summed E-state index contributed by atoms with van der Waals surface area (Å²) >= 11 is 6.37. The molecule has 0 heterocycles. The number of anilines is 1. The predicted molar refractivity (Wildman–Crippen MR) is 81.4 cm³/mol. The van der Waals surface area contributed by atoms with Crippen LogP contribution < -0.4 is 4.90 Å². The first-order chi connectivity index (χ1) is 9.58. The summed E-state index contributed by atoms with van der Waals surface area (Å²) in [5, 5.41) is 10.4. The Kier molecular flexibility index (Phi) is 4.58. The minimum atomic E-state index is -0.414. The molecule has 0 fully saturated rings. The van der Waals surface area contributed by atoms with Crippen LogP contribution in [0.3, 0.4) is 0 Å². The third-order valence-corrected chi connectivity index (χ3v) is 3.49. The first kappa shape index (κ1) is 14.3. The third-order valence-electron chi connectivity index (χ3n) is 3.10. The van der Waals surface area contributed by atoms with Gasteiger partial charge in [0.2, 0.25) is 0 Å². The number of para-hydroxylation sites is 1. The average Bonchev–Trinajstić information content (AvgIpc) is 2.48. The molecular weight excluding hydrogens is 276 g/mol. The molecule has 0 amide bonds. The Balaban J connectivity index is 2.04. The van der Waals surface area contributed by atoms with Crippen LogP contribution in [0.4, 0.5) is 11.4 Å². The number of likely N-dealkylation sites (N-methyl/N-ethyl adjacent to an activating group) is 1. The number of nitro groups is 1. The lowest BCUT2D eigenvalue weighted by molar-refractivity contribution is -0.384. The summed E-state index contributed by atoms with van der Waals surface area (Å²) in [6.07, 6.45) is 0. The van der Waals surface area contributed by atoms with Crippen LogP contribution in [-0.4, -0.2) is 18.5 Å². The molecule has 0 N–H and O–H groups in total. The lowest BCUT2D eigenvalue weighted by Crippen LogP contribution is -2.21. The quantitative estimate of drug-likeness (QED) is 0.475. The normalized spacial score (nSPS) is 11.9. The van der Waals surface area contributed by atoms with Gasteiger partial charge < -0.3 is 4.90 Å². The lowest BCUT2D eigenvalue weighted by atomic mass is 10.1. The highest BCUT2D eigenvalue weighted by molar-refractivity contribution is 6.21. The molecule has 2 aromatic carbocycles. The second-order valence-electron chi connectivity index (χ2n) is 4.53. The van der Waals surface area contributed by atoms with E-state index in [1.54, 1.807) is 12.1 Å². The van der Waals surface area contributed by atoms with Gasteiger partial charge in [0.05, 0.1) is 10.3 Å². The van der Waals surface area contributed by atoms with Crippen molar-refractivity contribution in [3.63, 3.8) is 0 Å². The maximum Gasteiger partial charge on any atom is 0.269 e. The highest BCUT2D eigenvalue weighted by Gasteiger charge is 2.13. The zero-order chi connectivity index (χ0) is 14.5. The Morgan fingerprint density at radius 1 is 1.15 bits per heavy atom. The average molecular weight is 291 g/mol. The van der Waals surface area contributed by atoms with Crippen molar-refractivity contribution >= 4 is 23.0 Å². The highest BCUT2D eigenvalue weighted by atomic mass is 35.5. The summed E-state index contributed by atoms with van der Waals surface area (Å²) in [7, 11) is 1.97. The molecule has 0 saturated heterocycles. The summed E-state index contributed by atoms with van der Waals surface area (Å²) in [5.74, 6) is 0. The fourth-order valence-electron chi connectivity index (χ4n) is 1.94. The van der Waals surface area contributed by atoms with Gasteiger partial charge in [0, 0.05) is 31.4 Å². The molecule has 2 rings (SSSR count). The number of rotatable bonds is 5. The van der Waals surface area contributed by atoms with Crippen molar-refractivity contribution in [2.75, 3.05) is 18.5 Å². The van der Waals surface area contributed by atoms with E-state index < -0.39 is 4.92 Å². The minimum absolute atomic E-state index is 0.0778. The monoisotopic (exact) mass is 290 g/mol. The van der Waals surface area contributed by atoms with E-state index in [1.165, 1.54) is 12.1 Å². The summed E-state index contributed by atoms with van der Waals surface area (Å²) in [6, 6.07) is 16.3. The van der Waals surface area contributed by atoms with Crippen LogP contribution >= 0.6 is 11.6 Å². The lowest BCUT2D eigenvalue weighted by Gasteiger charge is -2.22. The van der Waals surface area contributed by atoms with E-state index in [2.05, 4.69) is 4.90 Å². The minimum Gasteiger partial charge on any atom is -0.373 e. The Morgan fingerprint density at radius 2 is 1.75 bits per heavy atom. The number of hydrogen-bond donors (Lipinski definition) is 0. The van der Waals surface area contributed by atoms with Gasteiger partial charge in [-0.25, -0.2) is 0 Å². The van der Waals surface area contributed by atoms with E-state index in [0.29, 0.717) is 6.54 Å². The first-order valence-corrected chi connectivity index (χ1v) is 6.66. The van der Waals surface area contributed by atoms with Crippen molar-refractivity contribution in [2.45, 2.75) is 5.38 Å². The van der Waals surface area contributed by atoms with Crippen molar-refractivity contribution in [3.8, 4) is 0 Å². The zero-order valence-electron chi connectivity index (χ0n) is 11.1. The molecule has 104 valence electrons. The van der Waals surface area contributed by atoms with Gasteiger partial charge in [-0.05, 0) is 17.7 Å². The smallest absolute Gasteiger partial charge is 0.269 e. The molecule has 1 atom stereocenters. The summed E-state index contributed by atoms with van der Waals surface area (Å²) in [5.41, 5.74) is 2.04. The number of halogens is 1. The van der Waals surface area contributed by atoms with Gasteiger partial charge in [-0.1, -0.05) is 30.3 Å². The molecular formula is C15H15ClN2O2. The molecule has 2 aromatic rings. The molecule has 1 unspecified atom stereocenters. The van der Waals surface area contributed by atoms with Crippen molar-refractivity contribution < 1.29 is 4.92 Å². The third kappa shape index (κ3) is 3.48. The second-order valence-corrected chi connectivity index (χ2v) is 5.06. The van der Waals surface area contributed by atoms with E-state index in [0.717, 1.165) is 11.3 Å². The van der Waals surface area contributed by atoms with Crippen LogP contribution in [0.1, 0.15) is 10.9 Å². The van der Waals surface area contributed by atoms with E-state index in [-0.39, 0.29) is 11.1 Å². The van der Waals surface area contributed by atoms with Crippen LogP contribution in [-0.2, 0) is 0 Å². The molecule has 0 spiro atoms. The molecule has 0 saturated carbocycles. The fourth-order valence-corrected chi connectivity index (χ4v) is 2.29. The largest absolute Gasteiger partial charge is 0.373 e. The summed E-state index contributed by atoms with van der Waals surface area (Å²) in [4.78, 5) is 12.3. The van der Waals surface area contributed by atoms with E-state index in [9.17, 15) is 10.1 Å². The van der Waals surface area contributed by atoms with Crippen molar-refractivity contribution in [1.82, 2.24) is 0 Å². The van der Waals surface area contributed by atoms with Gasteiger partial charge in [0.1, 0.15) is 0 Å². The van der Waals surface area contributed by atoms with Crippen LogP contribution in [0.2, 0.25) is 0 Å². The van der Waals surface area contributed by atoms with E-state index in [4.69, 9.17) is 11.6 Å². The Labute approximate surface area is 122 Å². The molecule has 0 aliphatic heterocycles. The molecule has 0 aromatic heterocycles. The van der Waals surface area contributed by atoms with Crippen LogP contribution in [0.15, 0.2) is 54.6 Å². The predicted octanol–water partition coefficient (Wildman–Crippen LogP) is 4.01. The fraction of sp³-hybridized carbons (Fsp3) is 0.200. The maximum absolute atomic E-state index is 10.6. The molecule has 20 heavy (non-hydrogen) atoms. The van der Waals surface area contributed by atoms with Crippen LogP contribution in [0.5, 0.6) is 0 Å². The number of nitrogens with zero attached hydrogens (tertiary/aromatic N) is 2. The van der Waals surface area contributed by atoms with Crippen molar-refractivity contribution in [2.24, 2.45) is 0 Å². The molecule has 0 radical (unpaired) electrons. The number of nitro benzene ring substituents is 1. The molecule has 0 bridgehead atoms. The highest BCUT2D eigenvalue weighted by Crippen LogP contribution is 2.25. The molecule has 5 heteroatoms. The number of benzene rings is 2. The molecule has 0 aliphatic carbocycles. The van der Waals surface area contributed by atoms with Crippen molar-refractivity contribution in [3.05, 3.63) is 70.3 Å². The van der Waals surface area contributed by atoms with Crippen LogP contribution in [0.25, 0.3) is 0 Å². The van der Waals surface area contributed by atoms with E-state index >= 15 is 0 Å². The first-order valence-electron chi connectivity index (χ1n) is 6.22. The number of alkyl halides is 1. The van der Waals surface area contributed by atoms with Crippen molar-refractivity contribution in [1.29, 1.82) is 0 Å². The molecule has 4 nitrogen and oxygen atoms in total. The van der Waals surface area contributed by atoms with Gasteiger partial charge >= 0.3 is 0 Å². The maximum atomic E-state index is 10.6. The number of hydrogen-bond acceptors (Lipinski definition) is 3. The van der Waals surface area contributed by atoms with Gasteiger partial charge in [0.15, 0.2) is 0 Å². The Bertz CT molecular complexity index is 572. The van der Waals surface area contributed by atoms with Gasteiger partial charge in [0.25, 0.3) is 5.69 Å². The van der Waals surface area contributed by atoms with Gasteiger partial charge in [-0.15, -0.1) is 11.6 Å². The Hall–Kier alpha value is -2.07. The van der Waals surface area contributed by atoms with Gasteiger partial charge in [-0.3, -0.25) is 10.1 Å². The standard InChI is InChI=1S/C15H15ClN2O2/c1-17(13-5-3-2-4-6-13)11-15(16)12-7-9-14(10-8-12)18(19)20/h2-10,15H,11H2,1H3. The summed E-state index contributed by atoms with van der Waals surface area (Å²) < 4.78 is 0. The van der Waals surface area contributed by atoms with E-state index in [1.807, 2.05) is 37.4 Å². The zero-order valence-corrected chi connectivity index (χ0v) is 11.8.